The molecular formula is C11H15F2NO4. The van der Waals surface area contributed by atoms with Crippen LogP contribution in [-0.2, 0) is 11.3 Å². The highest BCUT2D eigenvalue weighted by Crippen LogP contribution is 2.14. The Bertz CT molecular complexity index is 392. The molecule has 0 aliphatic carbocycles. The first-order valence-electron chi connectivity index (χ1n) is 5.40. The van der Waals surface area contributed by atoms with Crippen LogP contribution in [0.25, 0.3) is 0 Å². The van der Waals surface area contributed by atoms with Crippen molar-refractivity contribution >= 4 is 5.97 Å². The molecule has 0 unspecified atom stereocenters. The zero-order chi connectivity index (χ0) is 13.5. The number of hydrogen-bond donors (Lipinski definition) is 2. The summed E-state index contributed by atoms with van der Waals surface area (Å²) in [6.45, 7) is 1.86. The topological polar surface area (TPSA) is 71.7 Å². The number of alkyl halides is 2. The van der Waals surface area contributed by atoms with E-state index in [1.165, 1.54) is 6.07 Å². The molecule has 0 aromatic carbocycles. The van der Waals surface area contributed by atoms with E-state index in [1.54, 1.807) is 6.92 Å². The third-order valence-corrected chi connectivity index (χ3v) is 2.17. The van der Waals surface area contributed by atoms with Crippen molar-refractivity contribution in [2.75, 3.05) is 19.8 Å². The molecule has 1 aromatic rings. The molecule has 1 rings (SSSR count). The van der Waals surface area contributed by atoms with E-state index in [9.17, 15) is 13.6 Å². The lowest BCUT2D eigenvalue weighted by Gasteiger charge is -2.04. The molecule has 0 saturated carbocycles. The Morgan fingerprint density at radius 3 is 2.89 bits per heavy atom. The van der Waals surface area contributed by atoms with Gasteiger partial charge >= 0.3 is 5.97 Å². The van der Waals surface area contributed by atoms with Gasteiger partial charge in [0.1, 0.15) is 23.7 Å². The molecule has 1 aromatic heterocycles. The number of nitrogens with one attached hydrogen (secondary N) is 1. The Morgan fingerprint density at radius 2 is 2.33 bits per heavy atom. The minimum Gasteiger partial charge on any atom is -0.478 e. The summed E-state index contributed by atoms with van der Waals surface area (Å²) in [5, 5.41) is 11.7. The molecule has 0 atom stereocenters. The average Bonchev–Trinajstić information content (AvgIpc) is 2.64. The fraction of sp³-hybridized carbons (Fsp3) is 0.545. The van der Waals surface area contributed by atoms with Gasteiger partial charge in [0, 0.05) is 6.54 Å². The van der Waals surface area contributed by atoms with Crippen LogP contribution < -0.4 is 5.32 Å². The highest BCUT2D eigenvalue weighted by molar-refractivity contribution is 5.88. The predicted octanol–water partition coefficient (Wildman–Crippen LogP) is 1.66. The number of carbonyl (C=O) groups is 1. The Labute approximate surface area is 103 Å². The van der Waals surface area contributed by atoms with Crippen molar-refractivity contribution in [1.29, 1.82) is 0 Å². The fourth-order valence-electron chi connectivity index (χ4n) is 1.37. The second-order valence-electron chi connectivity index (χ2n) is 3.63. The number of ether oxygens (including phenoxy) is 1. The number of furan rings is 1. The van der Waals surface area contributed by atoms with Crippen LogP contribution in [-0.4, -0.2) is 37.3 Å². The summed E-state index contributed by atoms with van der Waals surface area (Å²) in [4.78, 5) is 10.7. The number of hydrogen-bond acceptors (Lipinski definition) is 4. The number of carboxylic acids is 1. The number of aromatic carboxylic acids is 1. The van der Waals surface area contributed by atoms with Gasteiger partial charge in [-0.05, 0) is 13.0 Å². The lowest BCUT2D eigenvalue weighted by Crippen LogP contribution is -2.20. The highest BCUT2D eigenvalue weighted by Gasteiger charge is 2.13. The van der Waals surface area contributed by atoms with Crippen LogP contribution >= 0.6 is 0 Å². The van der Waals surface area contributed by atoms with E-state index >= 15 is 0 Å². The standard InChI is InChI=1S/C11H15F2NO4/c1-7-9(11(15)16)4-8(18-7)5-14-2-3-17-6-10(12)13/h4,10,14H,2-3,5-6H2,1H3,(H,15,16). The summed E-state index contributed by atoms with van der Waals surface area (Å²) >= 11 is 0. The van der Waals surface area contributed by atoms with Crippen molar-refractivity contribution < 1.29 is 27.8 Å². The van der Waals surface area contributed by atoms with Gasteiger partial charge in [0.25, 0.3) is 6.43 Å². The quantitative estimate of drug-likeness (QED) is 0.698. The molecule has 0 aliphatic rings. The van der Waals surface area contributed by atoms with Gasteiger partial charge in [0.2, 0.25) is 0 Å². The van der Waals surface area contributed by atoms with Crippen molar-refractivity contribution in [2.45, 2.75) is 19.9 Å². The molecule has 0 saturated heterocycles. The summed E-state index contributed by atoms with van der Waals surface area (Å²) in [5.41, 5.74) is 0.126. The molecular weight excluding hydrogens is 248 g/mol. The summed E-state index contributed by atoms with van der Waals surface area (Å²) in [6.07, 6.45) is -2.46. The van der Waals surface area contributed by atoms with E-state index in [2.05, 4.69) is 10.1 Å². The average molecular weight is 263 g/mol. The summed E-state index contributed by atoms with van der Waals surface area (Å²) < 4.78 is 33.3. The number of halogens is 2. The van der Waals surface area contributed by atoms with E-state index in [4.69, 9.17) is 9.52 Å². The molecule has 0 aliphatic heterocycles. The van der Waals surface area contributed by atoms with Gasteiger partial charge in [0.05, 0.1) is 13.2 Å². The zero-order valence-electron chi connectivity index (χ0n) is 9.91. The van der Waals surface area contributed by atoms with Gasteiger partial charge in [0.15, 0.2) is 0 Å². The SMILES string of the molecule is Cc1oc(CNCCOCC(F)F)cc1C(=O)O. The zero-order valence-corrected chi connectivity index (χ0v) is 9.91. The second-order valence-corrected chi connectivity index (χ2v) is 3.63. The molecule has 0 amide bonds. The first-order valence-corrected chi connectivity index (χ1v) is 5.40. The van der Waals surface area contributed by atoms with Crippen LogP contribution in [0.3, 0.4) is 0 Å². The number of rotatable bonds is 8. The van der Waals surface area contributed by atoms with Crippen LogP contribution in [0.1, 0.15) is 21.9 Å². The molecule has 0 fully saturated rings. The number of carboxylic acid groups (broad SMARTS) is 1. The molecule has 18 heavy (non-hydrogen) atoms. The fourth-order valence-corrected chi connectivity index (χ4v) is 1.37. The molecule has 7 heteroatoms. The highest BCUT2D eigenvalue weighted by atomic mass is 19.3. The Balaban J connectivity index is 2.23. The van der Waals surface area contributed by atoms with E-state index in [1.807, 2.05) is 0 Å². The van der Waals surface area contributed by atoms with Gasteiger partial charge in [-0.15, -0.1) is 0 Å². The van der Waals surface area contributed by atoms with E-state index in [0.29, 0.717) is 24.6 Å². The molecule has 1 heterocycles. The van der Waals surface area contributed by atoms with E-state index < -0.39 is 19.0 Å². The maximum absolute atomic E-state index is 11.7. The molecule has 0 radical (unpaired) electrons. The molecule has 102 valence electrons. The maximum atomic E-state index is 11.7. The smallest absolute Gasteiger partial charge is 0.339 e. The van der Waals surface area contributed by atoms with Crippen LogP contribution in [0, 0.1) is 6.92 Å². The van der Waals surface area contributed by atoms with Crippen molar-refractivity contribution in [1.82, 2.24) is 5.32 Å². The molecule has 0 bridgehead atoms. The first kappa shape index (κ1) is 14.6. The van der Waals surface area contributed by atoms with Crippen LogP contribution in [0.2, 0.25) is 0 Å². The minimum absolute atomic E-state index is 0.126. The Morgan fingerprint density at radius 1 is 1.61 bits per heavy atom. The number of aryl methyl sites for hydroxylation is 1. The summed E-state index contributed by atoms with van der Waals surface area (Å²) in [6, 6.07) is 1.44. The van der Waals surface area contributed by atoms with Crippen LogP contribution in [0.4, 0.5) is 8.78 Å². The van der Waals surface area contributed by atoms with E-state index in [-0.39, 0.29) is 12.2 Å². The van der Waals surface area contributed by atoms with Gasteiger partial charge < -0.3 is 19.6 Å². The monoisotopic (exact) mass is 263 g/mol. The summed E-state index contributed by atoms with van der Waals surface area (Å²) in [5.74, 6) is -0.213. The van der Waals surface area contributed by atoms with E-state index in [0.717, 1.165) is 0 Å². The van der Waals surface area contributed by atoms with Crippen molar-refractivity contribution in [3.05, 3.63) is 23.2 Å². The van der Waals surface area contributed by atoms with Crippen LogP contribution in [0.5, 0.6) is 0 Å². The maximum Gasteiger partial charge on any atom is 0.339 e. The van der Waals surface area contributed by atoms with Gasteiger partial charge in [-0.2, -0.15) is 0 Å². The Kier molecular flexibility index (Phi) is 5.73. The summed E-state index contributed by atoms with van der Waals surface area (Å²) in [7, 11) is 0. The van der Waals surface area contributed by atoms with Crippen molar-refractivity contribution in [3.8, 4) is 0 Å². The third kappa shape index (κ3) is 4.80. The van der Waals surface area contributed by atoms with Crippen molar-refractivity contribution in [3.63, 3.8) is 0 Å². The largest absolute Gasteiger partial charge is 0.478 e. The van der Waals surface area contributed by atoms with Crippen LogP contribution in [0.15, 0.2) is 10.5 Å². The minimum atomic E-state index is -2.46. The van der Waals surface area contributed by atoms with Gasteiger partial charge in [-0.3, -0.25) is 0 Å². The van der Waals surface area contributed by atoms with Gasteiger partial charge in [-0.1, -0.05) is 0 Å². The predicted molar refractivity (Wildman–Crippen MR) is 58.9 cm³/mol. The molecule has 2 N–H and O–H groups in total. The second kappa shape index (κ2) is 7.07. The lowest BCUT2D eigenvalue weighted by molar-refractivity contribution is 0.0186. The third-order valence-electron chi connectivity index (χ3n) is 2.17. The molecule has 5 nitrogen and oxygen atoms in total. The first-order chi connectivity index (χ1) is 8.50. The van der Waals surface area contributed by atoms with Crippen molar-refractivity contribution in [2.24, 2.45) is 0 Å². The normalized spacial score (nSPS) is 11.1. The molecule has 0 spiro atoms. The van der Waals surface area contributed by atoms with Gasteiger partial charge in [-0.25, -0.2) is 13.6 Å². The Hall–Kier alpha value is -1.47. The lowest BCUT2D eigenvalue weighted by atomic mass is 10.2.